The molecular weight excluding hydrogens is 122 g/mol. The van der Waals surface area contributed by atoms with Crippen molar-refractivity contribution in [3.8, 4) is 0 Å². The monoisotopic (exact) mass is 141 g/mol. The van der Waals surface area contributed by atoms with Crippen molar-refractivity contribution in [3.05, 3.63) is 0 Å². The van der Waals surface area contributed by atoms with Gasteiger partial charge in [0.25, 0.3) is 0 Å². The fourth-order valence-electron chi connectivity index (χ4n) is 2.53. The molecule has 1 fully saturated rings. The van der Waals surface area contributed by atoms with Gasteiger partial charge < -0.3 is 5.73 Å². The van der Waals surface area contributed by atoms with Crippen molar-refractivity contribution in [1.82, 2.24) is 0 Å². The van der Waals surface area contributed by atoms with E-state index in [1.165, 1.54) is 19.3 Å². The van der Waals surface area contributed by atoms with Gasteiger partial charge in [-0.25, -0.2) is 0 Å². The SMILES string of the molecule is C[C@@H]1C[C@H](C)CC(C)(N)C1. The zero-order valence-corrected chi connectivity index (χ0v) is 7.35. The lowest BCUT2D eigenvalue weighted by Gasteiger charge is -2.37. The molecule has 1 unspecified atom stereocenters. The third kappa shape index (κ3) is 1.98. The second kappa shape index (κ2) is 2.54. The van der Waals surface area contributed by atoms with Crippen molar-refractivity contribution >= 4 is 0 Å². The maximum Gasteiger partial charge on any atom is 0.0131 e. The van der Waals surface area contributed by atoms with Gasteiger partial charge in [0.05, 0.1) is 0 Å². The molecule has 0 radical (unpaired) electrons. The highest BCUT2D eigenvalue weighted by molar-refractivity contribution is 4.87. The van der Waals surface area contributed by atoms with Crippen LogP contribution in [0.25, 0.3) is 0 Å². The molecule has 1 aliphatic rings. The van der Waals surface area contributed by atoms with Crippen molar-refractivity contribution in [2.45, 2.75) is 45.6 Å². The van der Waals surface area contributed by atoms with Gasteiger partial charge in [-0.3, -0.25) is 0 Å². The van der Waals surface area contributed by atoms with Crippen LogP contribution in [0.5, 0.6) is 0 Å². The number of rotatable bonds is 0. The second-order valence-corrected chi connectivity index (χ2v) is 4.51. The molecule has 2 N–H and O–H groups in total. The Balaban J connectivity index is 2.51. The molecule has 0 saturated heterocycles. The molecule has 1 aliphatic carbocycles. The Bertz CT molecular complexity index is 106. The number of nitrogens with two attached hydrogens (primary N) is 1. The standard InChI is InChI=1S/C9H19N/c1-7-4-8(2)6-9(3,10)5-7/h7-8H,4-6,10H2,1-3H3/t7-,8+,9?. The highest BCUT2D eigenvalue weighted by atomic mass is 14.7. The van der Waals surface area contributed by atoms with E-state index in [0.29, 0.717) is 0 Å². The van der Waals surface area contributed by atoms with Crippen LogP contribution in [-0.4, -0.2) is 5.54 Å². The fourth-order valence-corrected chi connectivity index (χ4v) is 2.53. The molecule has 1 nitrogen and oxygen atoms in total. The first-order valence-electron chi connectivity index (χ1n) is 4.28. The minimum Gasteiger partial charge on any atom is -0.325 e. The van der Waals surface area contributed by atoms with Crippen LogP contribution in [0, 0.1) is 11.8 Å². The van der Waals surface area contributed by atoms with E-state index in [9.17, 15) is 0 Å². The molecule has 3 atom stereocenters. The Labute approximate surface area is 64.0 Å². The topological polar surface area (TPSA) is 26.0 Å². The van der Waals surface area contributed by atoms with Gasteiger partial charge in [0.1, 0.15) is 0 Å². The summed E-state index contributed by atoms with van der Waals surface area (Å²) in [6, 6.07) is 0. The average molecular weight is 141 g/mol. The first-order valence-corrected chi connectivity index (χ1v) is 4.28. The minimum atomic E-state index is 0.122. The van der Waals surface area contributed by atoms with Gasteiger partial charge >= 0.3 is 0 Å². The molecule has 1 heteroatoms. The fraction of sp³-hybridized carbons (Fsp3) is 1.00. The predicted molar refractivity (Wildman–Crippen MR) is 44.8 cm³/mol. The summed E-state index contributed by atoms with van der Waals surface area (Å²) < 4.78 is 0. The first-order chi connectivity index (χ1) is 4.49. The van der Waals surface area contributed by atoms with E-state index in [4.69, 9.17) is 5.73 Å². The van der Waals surface area contributed by atoms with Gasteiger partial charge in [-0.05, 0) is 38.0 Å². The van der Waals surface area contributed by atoms with Gasteiger partial charge in [0.15, 0.2) is 0 Å². The number of hydrogen-bond acceptors (Lipinski definition) is 1. The molecule has 0 heterocycles. The molecule has 0 amide bonds. The number of hydrogen-bond donors (Lipinski definition) is 1. The highest BCUT2D eigenvalue weighted by Gasteiger charge is 2.29. The summed E-state index contributed by atoms with van der Waals surface area (Å²) in [5, 5.41) is 0. The second-order valence-electron chi connectivity index (χ2n) is 4.51. The molecule has 0 spiro atoms. The summed E-state index contributed by atoms with van der Waals surface area (Å²) in [7, 11) is 0. The van der Waals surface area contributed by atoms with Crippen molar-refractivity contribution in [3.63, 3.8) is 0 Å². The van der Waals surface area contributed by atoms with Crippen molar-refractivity contribution in [2.75, 3.05) is 0 Å². The van der Waals surface area contributed by atoms with Crippen LogP contribution < -0.4 is 5.73 Å². The average Bonchev–Trinajstić information content (AvgIpc) is 1.54. The third-order valence-electron chi connectivity index (χ3n) is 2.43. The van der Waals surface area contributed by atoms with Crippen molar-refractivity contribution in [2.24, 2.45) is 17.6 Å². The normalized spacial score (nSPS) is 49.2. The quantitative estimate of drug-likeness (QED) is 0.549. The summed E-state index contributed by atoms with van der Waals surface area (Å²) in [6.07, 6.45) is 3.78. The lowest BCUT2D eigenvalue weighted by atomic mass is 9.73. The van der Waals surface area contributed by atoms with Crippen LogP contribution in [0.4, 0.5) is 0 Å². The summed E-state index contributed by atoms with van der Waals surface area (Å²) in [5.74, 6) is 1.66. The van der Waals surface area contributed by atoms with Crippen molar-refractivity contribution < 1.29 is 0 Å². The minimum absolute atomic E-state index is 0.122. The first kappa shape index (κ1) is 8.06. The Kier molecular flexibility index (Phi) is 2.04. The van der Waals surface area contributed by atoms with E-state index >= 15 is 0 Å². The highest BCUT2D eigenvalue weighted by Crippen LogP contribution is 2.33. The van der Waals surface area contributed by atoms with Gasteiger partial charge in [-0.1, -0.05) is 13.8 Å². The van der Waals surface area contributed by atoms with Gasteiger partial charge in [0.2, 0.25) is 0 Å². The predicted octanol–water partition coefficient (Wildman–Crippen LogP) is 2.16. The van der Waals surface area contributed by atoms with Crippen LogP contribution >= 0.6 is 0 Å². The zero-order valence-electron chi connectivity index (χ0n) is 7.35. The Morgan fingerprint density at radius 2 is 1.60 bits per heavy atom. The van der Waals surface area contributed by atoms with Gasteiger partial charge in [-0.2, -0.15) is 0 Å². The lowest BCUT2D eigenvalue weighted by molar-refractivity contribution is 0.198. The largest absolute Gasteiger partial charge is 0.325 e. The molecule has 0 bridgehead atoms. The molecule has 1 saturated carbocycles. The molecule has 1 rings (SSSR count). The molecular formula is C9H19N. The summed E-state index contributed by atoms with van der Waals surface area (Å²) in [6.45, 7) is 6.79. The van der Waals surface area contributed by atoms with Crippen LogP contribution in [-0.2, 0) is 0 Å². The molecule has 0 aromatic heterocycles. The smallest absolute Gasteiger partial charge is 0.0131 e. The molecule has 10 heavy (non-hydrogen) atoms. The van der Waals surface area contributed by atoms with E-state index in [0.717, 1.165) is 11.8 Å². The van der Waals surface area contributed by atoms with E-state index < -0.39 is 0 Å². The maximum absolute atomic E-state index is 6.06. The molecule has 0 aromatic rings. The molecule has 60 valence electrons. The maximum atomic E-state index is 6.06. The molecule has 0 aromatic carbocycles. The summed E-state index contributed by atoms with van der Waals surface area (Å²) in [4.78, 5) is 0. The van der Waals surface area contributed by atoms with Crippen molar-refractivity contribution in [1.29, 1.82) is 0 Å². The van der Waals surface area contributed by atoms with E-state index in [-0.39, 0.29) is 5.54 Å². The van der Waals surface area contributed by atoms with E-state index in [2.05, 4.69) is 20.8 Å². The lowest BCUT2D eigenvalue weighted by Crippen LogP contribution is -2.43. The zero-order chi connectivity index (χ0) is 7.78. The summed E-state index contributed by atoms with van der Waals surface area (Å²) in [5.41, 5.74) is 6.18. The van der Waals surface area contributed by atoms with Gasteiger partial charge in [-0.15, -0.1) is 0 Å². The summed E-state index contributed by atoms with van der Waals surface area (Å²) >= 11 is 0. The van der Waals surface area contributed by atoms with E-state index in [1.54, 1.807) is 0 Å². The Hall–Kier alpha value is -0.0400. The van der Waals surface area contributed by atoms with Gasteiger partial charge in [0, 0.05) is 5.54 Å². The molecule has 0 aliphatic heterocycles. The third-order valence-corrected chi connectivity index (χ3v) is 2.43. The van der Waals surface area contributed by atoms with Crippen LogP contribution in [0.1, 0.15) is 40.0 Å². The van der Waals surface area contributed by atoms with E-state index in [1.807, 2.05) is 0 Å². The Morgan fingerprint density at radius 1 is 1.20 bits per heavy atom. The Morgan fingerprint density at radius 3 is 1.90 bits per heavy atom. The van der Waals surface area contributed by atoms with Crippen LogP contribution in [0.15, 0.2) is 0 Å². The van der Waals surface area contributed by atoms with Crippen LogP contribution in [0.2, 0.25) is 0 Å². The van der Waals surface area contributed by atoms with Crippen LogP contribution in [0.3, 0.4) is 0 Å².